The third-order valence-corrected chi connectivity index (χ3v) is 2.78. The molecule has 0 fully saturated rings. The highest BCUT2D eigenvalue weighted by Gasteiger charge is 2.10. The van der Waals surface area contributed by atoms with E-state index in [-0.39, 0.29) is 6.61 Å². The van der Waals surface area contributed by atoms with Crippen LogP contribution in [0.1, 0.15) is 19.4 Å². The molecule has 0 bridgehead atoms. The largest absolute Gasteiger partial charge is 0.489 e. The molecule has 0 saturated heterocycles. The number of halogens is 3. The summed E-state index contributed by atoms with van der Waals surface area (Å²) in [6.45, 7) is 5.18. The van der Waals surface area contributed by atoms with Gasteiger partial charge in [-0.3, -0.25) is 0 Å². The molecule has 0 atom stereocenters. The maximum atomic E-state index is 12.2. The Morgan fingerprint density at radius 2 is 2.06 bits per heavy atom. The molecule has 0 aliphatic heterocycles. The molecule has 2 nitrogen and oxygen atoms in total. The molecule has 0 aliphatic rings. The van der Waals surface area contributed by atoms with E-state index in [2.05, 4.69) is 19.2 Å². The topological polar surface area (TPSA) is 21.3 Å². The molecule has 0 unspecified atom stereocenters. The fraction of sp³-hybridized carbons (Fsp3) is 0.538. The molecule has 0 spiro atoms. The average Bonchev–Trinajstić information content (AvgIpc) is 2.27. The van der Waals surface area contributed by atoms with Gasteiger partial charge in [-0.05, 0) is 24.6 Å². The zero-order valence-corrected chi connectivity index (χ0v) is 12.1. The Bertz CT molecular complexity index is 385. The van der Waals surface area contributed by atoms with Gasteiger partial charge in [-0.1, -0.05) is 37.0 Å². The standard InChI is InChI=1S/C13H18Cl2FNO/c1-9(2)7-17-8-10-5-11(14)6-12(15)13(10)18-4-3-16/h5-6,9,17H,3-4,7-8H2,1-2H3. The molecule has 18 heavy (non-hydrogen) atoms. The summed E-state index contributed by atoms with van der Waals surface area (Å²) in [6.07, 6.45) is 0. The lowest BCUT2D eigenvalue weighted by Gasteiger charge is -2.14. The fourth-order valence-corrected chi connectivity index (χ4v) is 2.13. The Morgan fingerprint density at radius 3 is 2.67 bits per heavy atom. The van der Waals surface area contributed by atoms with E-state index in [4.69, 9.17) is 27.9 Å². The second-order valence-electron chi connectivity index (χ2n) is 4.44. The summed E-state index contributed by atoms with van der Waals surface area (Å²) < 4.78 is 17.5. The Labute approximate surface area is 117 Å². The van der Waals surface area contributed by atoms with Gasteiger partial charge in [0, 0.05) is 17.1 Å². The van der Waals surface area contributed by atoms with Crippen LogP contribution >= 0.6 is 23.2 Å². The van der Waals surface area contributed by atoms with Crippen LogP contribution in [0.2, 0.25) is 10.0 Å². The molecule has 1 N–H and O–H groups in total. The molecular formula is C13H18Cl2FNO. The normalized spacial score (nSPS) is 11.0. The predicted octanol–water partition coefficient (Wildman–Crippen LogP) is 4.09. The molecule has 0 aromatic heterocycles. The predicted molar refractivity (Wildman–Crippen MR) is 74.5 cm³/mol. The SMILES string of the molecule is CC(C)CNCc1cc(Cl)cc(Cl)c1OCCF. The van der Waals surface area contributed by atoms with Crippen molar-refractivity contribution in [1.29, 1.82) is 0 Å². The van der Waals surface area contributed by atoms with Gasteiger partial charge >= 0.3 is 0 Å². The van der Waals surface area contributed by atoms with Gasteiger partial charge in [0.25, 0.3) is 0 Å². The highest BCUT2D eigenvalue weighted by molar-refractivity contribution is 6.35. The second kappa shape index (κ2) is 7.82. The third-order valence-electron chi connectivity index (χ3n) is 2.28. The van der Waals surface area contributed by atoms with Gasteiger partial charge in [0.05, 0.1) is 5.02 Å². The number of rotatable bonds is 7. The van der Waals surface area contributed by atoms with Crippen molar-refractivity contribution in [3.05, 3.63) is 27.7 Å². The molecule has 1 aromatic carbocycles. The third kappa shape index (κ3) is 5.01. The first-order valence-corrected chi connectivity index (χ1v) is 6.67. The van der Waals surface area contributed by atoms with Crippen molar-refractivity contribution in [2.24, 2.45) is 5.92 Å². The van der Waals surface area contributed by atoms with Gasteiger partial charge in [-0.15, -0.1) is 0 Å². The number of nitrogens with one attached hydrogen (secondary N) is 1. The van der Waals surface area contributed by atoms with E-state index in [1.807, 2.05) is 0 Å². The number of benzene rings is 1. The molecule has 102 valence electrons. The lowest BCUT2D eigenvalue weighted by Crippen LogP contribution is -2.19. The van der Waals surface area contributed by atoms with Crippen LogP contribution < -0.4 is 10.1 Å². The van der Waals surface area contributed by atoms with Gasteiger partial charge in [0.15, 0.2) is 0 Å². The van der Waals surface area contributed by atoms with Crippen LogP contribution in [0.4, 0.5) is 4.39 Å². The van der Waals surface area contributed by atoms with Gasteiger partial charge in [0.1, 0.15) is 19.0 Å². The first kappa shape index (κ1) is 15.5. The summed E-state index contributed by atoms with van der Waals surface area (Å²) in [5, 5.41) is 4.25. The van der Waals surface area contributed by atoms with Crippen LogP contribution in [0.15, 0.2) is 12.1 Å². The Kier molecular flexibility index (Phi) is 6.76. The molecule has 1 aromatic rings. The maximum Gasteiger partial charge on any atom is 0.142 e. The quantitative estimate of drug-likeness (QED) is 0.818. The number of hydrogen-bond acceptors (Lipinski definition) is 2. The molecule has 0 saturated carbocycles. The van der Waals surface area contributed by atoms with E-state index < -0.39 is 6.67 Å². The smallest absolute Gasteiger partial charge is 0.142 e. The molecule has 0 amide bonds. The Morgan fingerprint density at radius 1 is 1.33 bits per heavy atom. The van der Waals surface area contributed by atoms with E-state index in [9.17, 15) is 4.39 Å². The summed E-state index contributed by atoms with van der Waals surface area (Å²) in [5.74, 6) is 1.06. The van der Waals surface area contributed by atoms with Crippen molar-refractivity contribution < 1.29 is 9.13 Å². The molecule has 0 heterocycles. The molecule has 0 aliphatic carbocycles. The van der Waals surface area contributed by atoms with Crippen LogP contribution in [0.3, 0.4) is 0 Å². The lowest BCUT2D eigenvalue weighted by atomic mass is 10.1. The van der Waals surface area contributed by atoms with Crippen LogP contribution in [0, 0.1) is 5.92 Å². The minimum absolute atomic E-state index is 0.00146. The summed E-state index contributed by atoms with van der Waals surface area (Å²) >= 11 is 12.0. The highest BCUT2D eigenvalue weighted by atomic mass is 35.5. The first-order valence-electron chi connectivity index (χ1n) is 5.92. The summed E-state index contributed by atoms with van der Waals surface area (Å²) in [5.41, 5.74) is 0.849. The van der Waals surface area contributed by atoms with Gasteiger partial charge < -0.3 is 10.1 Å². The molecule has 0 radical (unpaired) electrons. The average molecular weight is 294 g/mol. The minimum atomic E-state index is -0.544. The molecule has 5 heteroatoms. The fourth-order valence-electron chi connectivity index (χ4n) is 1.54. The molecular weight excluding hydrogens is 276 g/mol. The van der Waals surface area contributed by atoms with Crippen LogP contribution in [0.5, 0.6) is 5.75 Å². The van der Waals surface area contributed by atoms with Crippen molar-refractivity contribution in [1.82, 2.24) is 5.32 Å². The van der Waals surface area contributed by atoms with E-state index >= 15 is 0 Å². The van der Waals surface area contributed by atoms with Crippen LogP contribution in [-0.4, -0.2) is 19.8 Å². The second-order valence-corrected chi connectivity index (χ2v) is 5.28. The summed E-state index contributed by atoms with van der Waals surface area (Å²) in [7, 11) is 0. The highest BCUT2D eigenvalue weighted by Crippen LogP contribution is 2.32. The first-order chi connectivity index (χ1) is 8.54. The van der Waals surface area contributed by atoms with E-state index in [1.165, 1.54) is 0 Å². The zero-order chi connectivity index (χ0) is 13.5. The Balaban J connectivity index is 2.78. The maximum absolute atomic E-state index is 12.2. The van der Waals surface area contributed by atoms with Crippen molar-refractivity contribution in [2.45, 2.75) is 20.4 Å². The monoisotopic (exact) mass is 293 g/mol. The van der Waals surface area contributed by atoms with Gasteiger partial charge in [0.2, 0.25) is 0 Å². The van der Waals surface area contributed by atoms with Gasteiger partial charge in [-0.25, -0.2) is 4.39 Å². The van der Waals surface area contributed by atoms with Crippen LogP contribution in [0.25, 0.3) is 0 Å². The summed E-state index contributed by atoms with van der Waals surface area (Å²) in [6, 6.07) is 3.39. The number of ether oxygens (including phenoxy) is 1. The lowest BCUT2D eigenvalue weighted by molar-refractivity contribution is 0.270. The van der Waals surface area contributed by atoms with Crippen molar-refractivity contribution in [2.75, 3.05) is 19.8 Å². The van der Waals surface area contributed by atoms with Crippen LogP contribution in [-0.2, 0) is 6.54 Å². The molecule has 1 rings (SSSR count). The van der Waals surface area contributed by atoms with Gasteiger partial charge in [-0.2, -0.15) is 0 Å². The van der Waals surface area contributed by atoms with E-state index in [0.717, 1.165) is 12.1 Å². The number of alkyl halides is 1. The van der Waals surface area contributed by atoms with Crippen molar-refractivity contribution in [3.8, 4) is 5.75 Å². The zero-order valence-electron chi connectivity index (χ0n) is 10.6. The summed E-state index contributed by atoms with van der Waals surface area (Å²) in [4.78, 5) is 0. The minimum Gasteiger partial charge on any atom is -0.489 e. The van der Waals surface area contributed by atoms with Crippen molar-refractivity contribution in [3.63, 3.8) is 0 Å². The van der Waals surface area contributed by atoms with E-state index in [0.29, 0.717) is 28.3 Å². The van der Waals surface area contributed by atoms with E-state index in [1.54, 1.807) is 12.1 Å². The van der Waals surface area contributed by atoms with Crippen molar-refractivity contribution >= 4 is 23.2 Å². The number of hydrogen-bond donors (Lipinski definition) is 1. The Hall–Kier alpha value is -0.510.